The lowest BCUT2D eigenvalue weighted by atomic mass is 10.2. The van der Waals surface area contributed by atoms with Crippen molar-refractivity contribution in [2.24, 2.45) is 0 Å². The number of carbonyl (C=O) groups excluding carboxylic acids is 2. The van der Waals surface area contributed by atoms with E-state index in [1.54, 1.807) is 36.4 Å². The summed E-state index contributed by atoms with van der Waals surface area (Å²) in [6.07, 6.45) is 0.836. The molecule has 0 unspecified atom stereocenters. The first-order chi connectivity index (χ1) is 12.1. The Kier molecular flexibility index (Phi) is 6.83. The summed E-state index contributed by atoms with van der Waals surface area (Å²) in [5.41, 5.74) is 6.15. The Morgan fingerprint density at radius 3 is 2.40 bits per heavy atom. The molecule has 2 rings (SSSR count). The van der Waals surface area contributed by atoms with Crippen LogP contribution in [0, 0.1) is 6.92 Å². The van der Waals surface area contributed by atoms with Gasteiger partial charge in [0.15, 0.2) is 6.61 Å². The van der Waals surface area contributed by atoms with Crippen molar-refractivity contribution in [2.45, 2.75) is 20.3 Å². The number of aryl methyl sites for hydroxylation is 1. The van der Waals surface area contributed by atoms with Gasteiger partial charge < -0.3 is 9.47 Å². The van der Waals surface area contributed by atoms with Gasteiger partial charge in [-0.05, 0) is 37.6 Å². The summed E-state index contributed by atoms with van der Waals surface area (Å²) in [4.78, 5) is 24.0. The van der Waals surface area contributed by atoms with Gasteiger partial charge in [-0.3, -0.25) is 20.4 Å². The Balaban J connectivity index is 1.83. The zero-order valence-electron chi connectivity index (χ0n) is 14.4. The van der Waals surface area contributed by atoms with E-state index in [2.05, 4.69) is 10.9 Å². The predicted molar refractivity (Wildman–Crippen MR) is 94.5 cm³/mol. The molecule has 2 N–H and O–H groups in total. The van der Waals surface area contributed by atoms with Gasteiger partial charge in [-0.2, -0.15) is 0 Å². The second-order valence-corrected chi connectivity index (χ2v) is 5.45. The van der Waals surface area contributed by atoms with Gasteiger partial charge in [-0.15, -0.1) is 0 Å². The first-order valence-electron chi connectivity index (χ1n) is 8.10. The van der Waals surface area contributed by atoms with Crippen molar-refractivity contribution in [3.05, 3.63) is 59.7 Å². The van der Waals surface area contributed by atoms with E-state index in [9.17, 15) is 9.59 Å². The number of hydrogen-bond donors (Lipinski definition) is 2. The number of nitrogens with one attached hydrogen (secondary N) is 2. The first kappa shape index (κ1) is 18.3. The molecule has 0 spiro atoms. The van der Waals surface area contributed by atoms with Crippen LogP contribution in [0.2, 0.25) is 0 Å². The van der Waals surface area contributed by atoms with Crippen LogP contribution in [0.3, 0.4) is 0 Å². The maximum absolute atomic E-state index is 12.2. The van der Waals surface area contributed by atoms with Gasteiger partial charge >= 0.3 is 0 Å². The van der Waals surface area contributed by atoms with Crippen molar-refractivity contribution in [1.29, 1.82) is 0 Å². The molecule has 6 nitrogen and oxygen atoms in total. The molecule has 0 radical (unpaired) electrons. The van der Waals surface area contributed by atoms with Crippen LogP contribution in [0.4, 0.5) is 0 Å². The van der Waals surface area contributed by atoms with Crippen molar-refractivity contribution in [3.8, 4) is 11.5 Å². The molecule has 2 aromatic rings. The number of benzene rings is 2. The Labute approximate surface area is 147 Å². The lowest BCUT2D eigenvalue weighted by Gasteiger charge is -2.12. The third-order valence-corrected chi connectivity index (χ3v) is 3.30. The third kappa shape index (κ3) is 5.84. The van der Waals surface area contributed by atoms with Crippen LogP contribution in [0.15, 0.2) is 48.5 Å². The summed E-state index contributed by atoms with van der Waals surface area (Å²) in [6.45, 7) is 4.27. The van der Waals surface area contributed by atoms with E-state index in [0.717, 1.165) is 12.0 Å². The zero-order valence-corrected chi connectivity index (χ0v) is 14.4. The molecule has 0 bridgehead atoms. The summed E-state index contributed by atoms with van der Waals surface area (Å²) in [7, 11) is 0. The van der Waals surface area contributed by atoms with E-state index in [1.165, 1.54) is 0 Å². The van der Waals surface area contributed by atoms with Gasteiger partial charge in [-0.25, -0.2) is 0 Å². The van der Waals surface area contributed by atoms with Crippen LogP contribution < -0.4 is 20.3 Å². The first-order valence-corrected chi connectivity index (χ1v) is 8.10. The molecule has 0 heterocycles. The topological polar surface area (TPSA) is 76.7 Å². The standard InChI is InChI=1S/C19H22N2O4/c1-3-12-24-17-7-5-4-6-16(17)19(23)21-20-18(22)13-25-15-10-8-14(2)9-11-15/h4-11H,3,12-13H2,1-2H3,(H,20,22)(H,21,23). The van der Waals surface area contributed by atoms with Gasteiger partial charge in [0.2, 0.25) is 0 Å². The number of ether oxygens (including phenoxy) is 2. The molecule has 0 saturated carbocycles. The third-order valence-electron chi connectivity index (χ3n) is 3.30. The van der Waals surface area contributed by atoms with E-state index in [0.29, 0.717) is 23.7 Å². The Morgan fingerprint density at radius 1 is 0.960 bits per heavy atom. The molecule has 0 aliphatic rings. The van der Waals surface area contributed by atoms with Gasteiger partial charge in [0.1, 0.15) is 11.5 Å². The van der Waals surface area contributed by atoms with Crippen LogP contribution >= 0.6 is 0 Å². The highest BCUT2D eigenvalue weighted by Crippen LogP contribution is 2.17. The fraction of sp³-hybridized carbons (Fsp3) is 0.263. The minimum Gasteiger partial charge on any atom is -0.493 e. The number of carbonyl (C=O) groups is 2. The SMILES string of the molecule is CCCOc1ccccc1C(=O)NNC(=O)COc1ccc(C)cc1. The molecular weight excluding hydrogens is 320 g/mol. The Bertz CT molecular complexity index is 714. The summed E-state index contributed by atoms with van der Waals surface area (Å²) in [5, 5.41) is 0. The van der Waals surface area contributed by atoms with E-state index >= 15 is 0 Å². The number of amides is 2. The molecule has 0 atom stereocenters. The fourth-order valence-corrected chi connectivity index (χ4v) is 2.01. The van der Waals surface area contributed by atoms with Gasteiger partial charge in [0.25, 0.3) is 11.8 Å². The van der Waals surface area contributed by atoms with Crippen LogP contribution in [0.25, 0.3) is 0 Å². The molecule has 0 aliphatic heterocycles. The van der Waals surface area contributed by atoms with Crippen LogP contribution in [-0.2, 0) is 4.79 Å². The molecule has 2 aromatic carbocycles. The zero-order chi connectivity index (χ0) is 18.1. The van der Waals surface area contributed by atoms with Gasteiger partial charge in [0.05, 0.1) is 12.2 Å². The predicted octanol–water partition coefficient (Wildman–Crippen LogP) is 2.62. The molecule has 0 saturated heterocycles. The fourth-order valence-electron chi connectivity index (χ4n) is 2.01. The summed E-state index contributed by atoms with van der Waals surface area (Å²) in [6, 6.07) is 14.2. The minimum atomic E-state index is -0.458. The monoisotopic (exact) mass is 342 g/mol. The second-order valence-electron chi connectivity index (χ2n) is 5.45. The maximum Gasteiger partial charge on any atom is 0.276 e. The lowest BCUT2D eigenvalue weighted by Crippen LogP contribution is -2.43. The van der Waals surface area contributed by atoms with Crippen LogP contribution in [0.5, 0.6) is 11.5 Å². The molecule has 25 heavy (non-hydrogen) atoms. The number of hydrazine groups is 1. The molecule has 2 amide bonds. The summed E-state index contributed by atoms with van der Waals surface area (Å²) >= 11 is 0. The van der Waals surface area contributed by atoms with Crippen molar-refractivity contribution >= 4 is 11.8 Å². The highest BCUT2D eigenvalue weighted by molar-refractivity contribution is 5.97. The van der Waals surface area contributed by atoms with Crippen molar-refractivity contribution in [3.63, 3.8) is 0 Å². The lowest BCUT2D eigenvalue weighted by molar-refractivity contribution is -0.123. The Hall–Kier alpha value is -3.02. The normalized spacial score (nSPS) is 10.0. The van der Waals surface area contributed by atoms with E-state index in [4.69, 9.17) is 9.47 Å². The van der Waals surface area contributed by atoms with Crippen LogP contribution in [-0.4, -0.2) is 25.0 Å². The molecular formula is C19H22N2O4. The quantitative estimate of drug-likeness (QED) is 0.759. The molecule has 0 aliphatic carbocycles. The largest absolute Gasteiger partial charge is 0.493 e. The second kappa shape index (κ2) is 9.32. The van der Waals surface area contributed by atoms with Gasteiger partial charge in [-0.1, -0.05) is 36.8 Å². The Morgan fingerprint density at radius 2 is 1.68 bits per heavy atom. The molecule has 0 fully saturated rings. The molecule has 6 heteroatoms. The van der Waals surface area contributed by atoms with Crippen molar-refractivity contribution in [2.75, 3.05) is 13.2 Å². The van der Waals surface area contributed by atoms with Crippen molar-refractivity contribution in [1.82, 2.24) is 10.9 Å². The number of hydrogen-bond acceptors (Lipinski definition) is 4. The highest BCUT2D eigenvalue weighted by atomic mass is 16.5. The molecule has 132 valence electrons. The van der Waals surface area contributed by atoms with Crippen molar-refractivity contribution < 1.29 is 19.1 Å². The van der Waals surface area contributed by atoms with E-state index in [1.807, 2.05) is 26.0 Å². The molecule has 0 aromatic heterocycles. The van der Waals surface area contributed by atoms with E-state index in [-0.39, 0.29) is 6.61 Å². The van der Waals surface area contributed by atoms with Crippen LogP contribution in [0.1, 0.15) is 29.3 Å². The smallest absolute Gasteiger partial charge is 0.276 e. The number of para-hydroxylation sites is 1. The van der Waals surface area contributed by atoms with Gasteiger partial charge in [0, 0.05) is 0 Å². The number of rotatable bonds is 7. The van der Waals surface area contributed by atoms with E-state index < -0.39 is 11.8 Å². The summed E-state index contributed by atoms with van der Waals surface area (Å²) in [5.74, 6) is 0.161. The summed E-state index contributed by atoms with van der Waals surface area (Å²) < 4.78 is 10.9. The minimum absolute atomic E-state index is 0.197. The average Bonchev–Trinajstić information content (AvgIpc) is 2.64. The maximum atomic E-state index is 12.2. The average molecular weight is 342 g/mol. The highest BCUT2D eigenvalue weighted by Gasteiger charge is 2.13.